The fourth-order valence-electron chi connectivity index (χ4n) is 10.1. The minimum Gasteiger partial charge on any atom is -0.490 e. The predicted octanol–water partition coefficient (Wildman–Crippen LogP) is 8.97. The van der Waals surface area contributed by atoms with Gasteiger partial charge in [0, 0.05) is 97.0 Å². The fourth-order valence-corrected chi connectivity index (χ4v) is 11.6. The van der Waals surface area contributed by atoms with E-state index in [1.807, 2.05) is 81.4 Å². The molecule has 0 unspecified atom stereocenters. The summed E-state index contributed by atoms with van der Waals surface area (Å²) in [6.07, 6.45) is 4.39. The van der Waals surface area contributed by atoms with Gasteiger partial charge >= 0.3 is 0 Å². The Labute approximate surface area is 447 Å². The molecule has 0 atom stereocenters. The molecule has 3 fully saturated rings. The van der Waals surface area contributed by atoms with Crippen LogP contribution in [0, 0.1) is 24.7 Å². The van der Waals surface area contributed by atoms with E-state index in [0.29, 0.717) is 94.6 Å². The van der Waals surface area contributed by atoms with E-state index in [2.05, 4.69) is 89.2 Å². The third kappa shape index (κ3) is 12.1. The van der Waals surface area contributed by atoms with Crippen molar-refractivity contribution in [1.82, 2.24) is 50.1 Å². The number of nitrogens with one attached hydrogen (secondary N) is 6. The van der Waals surface area contributed by atoms with Gasteiger partial charge in [-0.3, -0.25) is 24.7 Å². The van der Waals surface area contributed by atoms with Crippen LogP contribution in [0.2, 0.25) is 0 Å². The van der Waals surface area contributed by atoms with Crippen LogP contribution in [0.4, 0.5) is 46.3 Å². The van der Waals surface area contributed by atoms with Crippen LogP contribution >= 0.6 is 23.5 Å². The van der Waals surface area contributed by atoms with Gasteiger partial charge in [0.2, 0.25) is 23.3 Å². The molecule has 4 aromatic heterocycles. The Bertz CT molecular complexity index is 2910. The van der Waals surface area contributed by atoms with Crippen molar-refractivity contribution in [1.29, 1.82) is 0 Å². The van der Waals surface area contributed by atoms with Crippen LogP contribution in [0.5, 0.6) is 11.5 Å². The molecule has 9 rings (SSSR count). The van der Waals surface area contributed by atoms with Crippen molar-refractivity contribution in [3.05, 3.63) is 72.1 Å². The largest absolute Gasteiger partial charge is 0.490 e. The molecule has 0 radical (unpaired) electrons. The topological polar surface area (TPSA) is 223 Å². The molecule has 1 aliphatic heterocycles. The SMILES string of the molecule is CCOc1c(Nc2cc(C)[nH]n2)nc(Sc2ccc(NC(=O)C3(C4(C(=O)Nc5ccc(Sc6nc(Nc7cc(C)[nH]n7)c(OC)c(N7CCN(CCN(C)C)CC7)n6)cc5)CCCC4)CC3)cc2)nc1N(CC)CC. The van der Waals surface area contributed by atoms with Crippen LogP contribution in [0.1, 0.15) is 70.7 Å². The monoisotopic (exact) mass is 1060 g/mol. The van der Waals surface area contributed by atoms with E-state index >= 15 is 0 Å². The normalized spacial score (nSPS) is 15.9. The number of anilines is 8. The van der Waals surface area contributed by atoms with Crippen LogP contribution in [0.25, 0.3) is 0 Å². The second-order valence-electron chi connectivity index (χ2n) is 19.6. The molecule has 6 N–H and O–H groups in total. The van der Waals surface area contributed by atoms with Crippen molar-refractivity contribution >= 4 is 81.6 Å². The standard InChI is InChI=1S/C53H70N16O4S2/c1-9-68(10-2)47-43(73-11-3)45(57-41-33-35(5)63-65-41)59-51(61-47)75-39-20-16-37(17-21-39)55-49(71)53(24-25-53)52(22-12-13-23-52)48(70)54-36-14-18-38(19-15-36)74-50-58-44(56-40-32-34(4)62-64-40)42(72-8)46(60-50)69-30-28-67(29-31-69)27-26-66(6)7/h14-21,32-33H,9-13,22-31H2,1-8H3,(H,54,70)(H,55,71)(H2,56,58,60,62,64)(H2,57,59,61,63,65). The Morgan fingerprint density at radius 3 is 1.65 bits per heavy atom. The van der Waals surface area contributed by atoms with E-state index in [4.69, 9.17) is 29.4 Å². The lowest BCUT2D eigenvalue weighted by Gasteiger charge is -2.36. The summed E-state index contributed by atoms with van der Waals surface area (Å²) in [4.78, 5) is 59.8. The summed E-state index contributed by atoms with van der Waals surface area (Å²) in [6, 6.07) is 19.3. The first kappa shape index (κ1) is 53.2. The van der Waals surface area contributed by atoms with Crippen molar-refractivity contribution in [2.24, 2.45) is 10.8 Å². The molecule has 5 heterocycles. The molecule has 75 heavy (non-hydrogen) atoms. The molecule has 22 heteroatoms. The smallest absolute Gasteiger partial charge is 0.231 e. The quantitative estimate of drug-likeness (QED) is 0.0330. The Hall–Kier alpha value is -6.62. The second-order valence-corrected chi connectivity index (χ2v) is 21.7. The minimum atomic E-state index is -0.824. The van der Waals surface area contributed by atoms with Crippen LogP contribution < -0.4 is 40.5 Å². The highest BCUT2D eigenvalue weighted by molar-refractivity contribution is 7.99. The highest BCUT2D eigenvalue weighted by Crippen LogP contribution is 2.66. The number of hydrogen-bond acceptors (Lipinski definition) is 18. The molecular weight excluding hydrogens is 989 g/mol. The lowest BCUT2D eigenvalue weighted by molar-refractivity contribution is -0.138. The van der Waals surface area contributed by atoms with E-state index in [1.165, 1.54) is 23.5 Å². The molecule has 0 spiro atoms. The zero-order chi connectivity index (χ0) is 52.7. The lowest BCUT2D eigenvalue weighted by Crippen LogP contribution is -2.48. The summed E-state index contributed by atoms with van der Waals surface area (Å²) in [5.41, 5.74) is 1.54. The summed E-state index contributed by atoms with van der Waals surface area (Å²) in [5, 5.41) is 28.9. The molecule has 398 valence electrons. The minimum absolute atomic E-state index is 0.107. The third-order valence-electron chi connectivity index (χ3n) is 14.3. The maximum Gasteiger partial charge on any atom is 0.231 e. The number of aromatic nitrogens is 8. The Morgan fingerprint density at radius 2 is 1.20 bits per heavy atom. The van der Waals surface area contributed by atoms with Gasteiger partial charge in [-0.15, -0.1) is 0 Å². The van der Waals surface area contributed by atoms with Crippen LogP contribution in [-0.4, -0.2) is 142 Å². The maximum atomic E-state index is 14.6. The van der Waals surface area contributed by atoms with E-state index in [9.17, 15) is 9.59 Å². The summed E-state index contributed by atoms with van der Waals surface area (Å²) in [5.74, 6) is 4.62. The molecule has 3 aliphatic rings. The van der Waals surface area contributed by atoms with E-state index < -0.39 is 10.8 Å². The van der Waals surface area contributed by atoms with Crippen molar-refractivity contribution in [3.8, 4) is 11.5 Å². The van der Waals surface area contributed by atoms with Gasteiger partial charge in [0.05, 0.1) is 24.5 Å². The van der Waals surface area contributed by atoms with Gasteiger partial charge in [-0.2, -0.15) is 10.2 Å². The Balaban J connectivity index is 0.872. The number of benzene rings is 2. The number of likely N-dealkylation sites (N-methyl/N-ethyl adjacent to an activating group) is 1. The first-order valence-corrected chi connectivity index (χ1v) is 27.6. The predicted molar refractivity (Wildman–Crippen MR) is 297 cm³/mol. The average molecular weight is 1060 g/mol. The average Bonchev–Trinajstić information content (AvgIpc) is 3.63. The van der Waals surface area contributed by atoms with Gasteiger partial charge in [0.1, 0.15) is 0 Å². The number of H-pyrrole nitrogens is 2. The van der Waals surface area contributed by atoms with Gasteiger partial charge in [-0.05, 0) is 146 Å². The molecule has 20 nitrogen and oxygen atoms in total. The summed E-state index contributed by atoms with van der Waals surface area (Å²) in [7, 11) is 5.85. The van der Waals surface area contributed by atoms with Crippen molar-refractivity contribution in [2.45, 2.75) is 93.2 Å². The van der Waals surface area contributed by atoms with Gasteiger partial charge in [-0.25, -0.2) is 19.9 Å². The van der Waals surface area contributed by atoms with Crippen LogP contribution in [0.3, 0.4) is 0 Å². The third-order valence-corrected chi connectivity index (χ3v) is 16.0. The van der Waals surface area contributed by atoms with E-state index in [-0.39, 0.29) is 11.8 Å². The fraction of sp³-hybridized carbons (Fsp3) is 0.472. The van der Waals surface area contributed by atoms with Crippen molar-refractivity contribution in [2.75, 3.05) is 111 Å². The zero-order valence-corrected chi connectivity index (χ0v) is 45.9. The number of piperazine rings is 1. The van der Waals surface area contributed by atoms with Crippen LogP contribution in [-0.2, 0) is 9.59 Å². The maximum absolute atomic E-state index is 14.6. The molecule has 0 bridgehead atoms. The lowest BCUT2D eigenvalue weighted by atomic mass is 9.69. The number of aryl methyl sites for hydroxylation is 2. The number of carbonyl (C=O) groups excluding carboxylic acids is 2. The molecule has 2 aliphatic carbocycles. The van der Waals surface area contributed by atoms with Gasteiger partial charge in [0.25, 0.3) is 0 Å². The highest BCUT2D eigenvalue weighted by atomic mass is 32.2. The number of carbonyl (C=O) groups is 2. The first-order valence-electron chi connectivity index (χ1n) is 26.0. The molecular formula is C53H70N16O4S2. The number of methoxy groups -OCH3 is 1. The number of rotatable bonds is 23. The molecule has 2 aromatic carbocycles. The van der Waals surface area contributed by atoms with E-state index in [1.54, 1.807) is 7.11 Å². The summed E-state index contributed by atoms with van der Waals surface area (Å²) >= 11 is 2.85. The first-order chi connectivity index (χ1) is 36.3. The second kappa shape index (κ2) is 23.5. The van der Waals surface area contributed by atoms with Gasteiger partial charge < -0.3 is 45.4 Å². The molecule has 6 aromatic rings. The molecule has 2 amide bonds. The highest BCUT2D eigenvalue weighted by Gasteiger charge is 2.67. The van der Waals surface area contributed by atoms with Gasteiger partial charge in [-0.1, -0.05) is 12.8 Å². The summed E-state index contributed by atoms with van der Waals surface area (Å²) in [6.45, 7) is 17.3. The Morgan fingerprint density at radius 1 is 0.693 bits per heavy atom. The number of nitrogens with zero attached hydrogens (tertiary/aromatic N) is 10. The molecule has 1 saturated heterocycles. The molecule has 2 saturated carbocycles. The summed E-state index contributed by atoms with van der Waals surface area (Å²) < 4.78 is 12.1. The number of hydrogen-bond donors (Lipinski definition) is 6. The number of amides is 2. The van der Waals surface area contributed by atoms with Crippen molar-refractivity contribution in [3.63, 3.8) is 0 Å². The van der Waals surface area contributed by atoms with Crippen LogP contribution in [0.15, 0.2) is 80.8 Å². The van der Waals surface area contributed by atoms with Gasteiger partial charge in [0.15, 0.2) is 45.2 Å². The zero-order valence-electron chi connectivity index (χ0n) is 44.3. The number of aromatic amines is 2. The van der Waals surface area contributed by atoms with Crippen molar-refractivity contribution < 1.29 is 19.1 Å². The van der Waals surface area contributed by atoms with E-state index in [0.717, 1.165) is 92.2 Å². The Kier molecular flexibility index (Phi) is 16.7. The number of ether oxygens (including phenoxy) is 2.